The third kappa shape index (κ3) is 1.95. The quantitative estimate of drug-likeness (QED) is 0.704. The minimum Gasteiger partial charge on any atom is -0.465 e. The van der Waals surface area contributed by atoms with Crippen molar-refractivity contribution in [2.24, 2.45) is 0 Å². The Kier molecular flexibility index (Phi) is 2.72. The second kappa shape index (κ2) is 4.18. The lowest BCUT2D eigenvalue weighted by molar-refractivity contribution is -0.134. The predicted octanol–water partition coefficient (Wildman–Crippen LogP) is 1.41. The molecule has 4 nitrogen and oxygen atoms in total. The van der Waals surface area contributed by atoms with Gasteiger partial charge in [0, 0.05) is 11.6 Å². The molecule has 0 saturated carbocycles. The van der Waals surface area contributed by atoms with Crippen LogP contribution in [0.25, 0.3) is 5.57 Å². The van der Waals surface area contributed by atoms with E-state index in [0.29, 0.717) is 5.56 Å². The number of cyclic esters (lactones) is 1. The molecule has 0 saturated heterocycles. The molecule has 0 fully saturated rings. The van der Waals surface area contributed by atoms with Crippen molar-refractivity contribution in [3.63, 3.8) is 0 Å². The molecule has 0 N–H and O–H groups in total. The summed E-state index contributed by atoms with van der Waals surface area (Å²) in [6.07, 6.45) is 1.43. The molecule has 16 heavy (non-hydrogen) atoms. The molecule has 4 heteroatoms. The maximum Gasteiger partial charge on any atom is 0.337 e. The van der Waals surface area contributed by atoms with Gasteiger partial charge in [-0.3, -0.25) is 0 Å². The average Bonchev–Trinajstić information content (AvgIpc) is 2.75. The Morgan fingerprint density at radius 3 is 2.88 bits per heavy atom. The standard InChI is InChI=1S/C12H10O4/c1-15-12(14)9-4-2-3-8(5-9)10-6-11(13)16-7-10/h2-6H,7H2,1H3. The Labute approximate surface area is 92.5 Å². The Morgan fingerprint density at radius 1 is 1.44 bits per heavy atom. The second-order valence-electron chi connectivity index (χ2n) is 3.35. The SMILES string of the molecule is COC(=O)c1cccc(C2=CC(=O)OC2)c1. The van der Waals surface area contributed by atoms with Gasteiger partial charge in [-0.1, -0.05) is 12.1 Å². The molecule has 0 unspecified atom stereocenters. The molecule has 0 aromatic heterocycles. The van der Waals surface area contributed by atoms with Crippen LogP contribution in [0.3, 0.4) is 0 Å². The number of methoxy groups -OCH3 is 1. The molecule has 2 rings (SSSR count). The van der Waals surface area contributed by atoms with Gasteiger partial charge in [0.2, 0.25) is 0 Å². The van der Waals surface area contributed by atoms with Crippen LogP contribution >= 0.6 is 0 Å². The van der Waals surface area contributed by atoms with Crippen LogP contribution < -0.4 is 0 Å². The number of ether oxygens (including phenoxy) is 2. The van der Waals surface area contributed by atoms with Gasteiger partial charge in [0.15, 0.2) is 0 Å². The first-order valence-corrected chi connectivity index (χ1v) is 4.77. The predicted molar refractivity (Wildman–Crippen MR) is 56.7 cm³/mol. The lowest BCUT2D eigenvalue weighted by atomic mass is 10.0. The van der Waals surface area contributed by atoms with Gasteiger partial charge in [0.1, 0.15) is 6.61 Å². The summed E-state index contributed by atoms with van der Waals surface area (Å²) in [5.74, 6) is -0.744. The largest absolute Gasteiger partial charge is 0.465 e. The molecule has 1 aromatic rings. The van der Waals surface area contributed by atoms with Gasteiger partial charge in [-0.05, 0) is 17.7 Å². The van der Waals surface area contributed by atoms with Gasteiger partial charge >= 0.3 is 11.9 Å². The number of carbonyl (C=O) groups is 2. The highest BCUT2D eigenvalue weighted by Gasteiger charge is 2.15. The van der Waals surface area contributed by atoms with Crippen LogP contribution in [0.1, 0.15) is 15.9 Å². The van der Waals surface area contributed by atoms with E-state index in [-0.39, 0.29) is 12.6 Å². The fourth-order valence-electron chi connectivity index (χ4n) is 1.50. The van der Waals surface area contributed by atoms with Gasteiger partial charge in [0.25, 0.3) is 0 Å². The highest BCUT2D eigenvalue weighted by Crippen LogP contribution is 2.20. The molecular formula is C12H10O4. The molecule has 0 amide bonds. The minimum absolute atomic E-state index is 0.253. The molecule has 82 valence electrons. The molecule has 0 spiro atoms. The Bertz CT molecular complexity index is 474. The van der Waals surface area contributed by atoms with E-state index in [2.05, 4.69) is 4.74 Å². The lowest BCUT2D eigenvalue weighted by Gasteiger charge is -2.03. The van der Waals surface area contributed by atoms with Gasteiger partial charge in [-0.25, -0.2) is 9.59 Å². The van der Waals surface area contributed by atoms with Crippen molar-refractivity contribution >= 4 is 17.5 Å². The molecule has 0 radical (unpaired) electrons. The van der Waals surface area contributed by atoms with E-state index >= 15 is 0 Å². The summed E-state index contributed by atoms with van der Waals surface area (Å²) in [6, 6.07) is 6.90. The van der Waals surface area contributed by atoms with Gasteiger partial charge in [-0.15, -0.1) is 0 Å². The molecule has 0 bridgehead atoms. The second-order valence-corrected chi connectivity index (χ2v) is 3.35. The summed E-state index contributed by atoms with van der Waals surface area (Å²) in [6.45, 7) is 0.253. The van der Waals surface area contributed by atoms with E-state index in [1.807, 2.05) is 6.07 Å². The highest BCUT2D eigenvalue weighted by molar-refractivity contribution is 5.97. The van der Waals surface area contributed by atoms with E-state index in [1.54, 1.807) is 18.2 Å². The Hall–Kier alpha value is -2.10. The number of esters is 2. The topological polar surface area (TPSA) is 52.6 Å². The minimum atomic E-state index is -0.396. The zero-order valence-electron chi connectivity index (χ0n) is 8.73. The van der Waals surface area contributed by atoms with Crippen LogP contribution in [-0.4, -0.2) is 25.7 Å². The van der Waals surface area contributed by atoms with Crippen molar-refractivity contribution < 1.29 is 19.1 Å². The fraction of sp³-hybridized carbons (Fsp3) is 0.167. The van der Waals surface area contributed by atoms with Crippen molar-refractivity contribution in [3.05, 3.63) is 41.5 Å². The van der Waals surface area contributed by atoms with E-state index in [1.165, 1.54) is 13.2 Å². The van der Waals surface area contributed by atoms with Crippen LogP contribution in [0, 0.1) is 0 Å². The monoisotopic (exact) mass is 218 g/mol. The molecular weight excluding hydrogens is 208 g/mol. The Morgan fingerprint density at radius 2 is 2.25 bits per heavy atom. The lowest BCUT2D eigenvalue weighted by Crippen LogP contribution is -2.01. The number of benzene rings is 1. The average molecular weight is 218 g/mol. The Balaban J connectivity index is 2.33. The van der Waals surface area contributed by atoms with E-state index in [0.717, 1.165) is 11.1 Å². The van der Waals surface area contributed by atoms with E-state index < -0.39 is 5.97 Å². The van der Waals surface area contributed by atoms with Crippen molar-refractivity contribution in [2.45, 2.75) is 0 Å². The van der Waals surface area contributed by atoms with Crippen molar-refractivity contribution in [1.82, 2.24) is 0 Å². The van der Waals surface area contributed by atoms with Crippen LogP contribution in [-0.2, 0) is 14.3 Å². The number of rotatable bonds is 2. The number of hydrogen-bond donors (Lipinski definition) is 0. The zero-order valence-corrected chi connectivity index (χ0v) is 8.73. The molecule has 0 atom stereocenters. The molecule has 1 aliphatic heterocycles. The summed E-state index contributed by atoms with van der Waals surface area (Å²) in [5, 5.41) is 0. The van der Waals surface area contributed by atoms with Crippen molar-refractivity contribution in [2.75, 3.05) is 13.7 Å². The first kappa shape index (κ1) is 10.4. The normalized spacial score (nSPS) is 14.3. The first-order valence-electron chi connectivity index (χ1n) is 4.77. The van der Waals surface area contributed by atoms with Gasteiger partial charge < -0.3 is 9.47 Å². The zero-order chi connectivity index (χ0) is 11.5. The smallest absolute Gasteiger partial charge is 0.337 e. The molecule has 1 heterocycles. The molecule has 0 aliphatic carbocycles. The fourth-order valence-corrected chi connectivity index (χ4v) is 1.50. The summed E-state index contributed by atoms with van der Waals surface area (Å²) in [4.78, 5) is 22.2. The number of carbonyl (C=O) groups excluding carboxylic acids is 2. The van der Waals surface area contributed by atoms with Crippen LogP contribution in [0.2, 0.25) is 0 Å². The van der Waals surface area contributed by atoms with Crippen LogP contribution in [0.4, 0.5) is 0 Å². The maximum absolute atomic E-state index is 11.3. The summed E-state index contributed by atoms with van der Waals surface area (Å²) >= 11 is 0. The summed E-state index contributed by atoms with van der Waals surface area (Å²) < 4.78 is 9.42. The highest BCUT2D eigenvalue weighted by atomic mass is 16.5. The molecule has 1 aliphatic rings. The third-order valence-electron chi connectivity index (χ3n) is 2.32. The van der Waals surface area contributed by atoms with Crippen LogP contribution in [0.15, 0.2) is 30.3 Å². The third-order valence-corrected chi connectivity index (χ3v) is 2.32. The van der Waals surface area contributed by atoms with E-state index in [4.69, 9.17) is 4.74 Å². The maximum atomic E-state index is 11.3. The van der Waals surface area contributed by atoms with Crippen molar-refractivity contribution in [1.29, 1.82) is 0 Å². The van der Waals surface area contributed by atoms with Gasteiger partial charge in [-0.2, -0.15) is 0 Å². The summed E-state index contributed by atoms with van der Waals surface area (Å²) in [7, 11) is 1.33. The number of hydrogen-bond acceptors (Lipinski definition) is 4. The van der Waals surface area contributed by atoms with Crippen molar-refractivity contribution in [3.8, 4) is 0 Å². The first-order chi connectivity index (χ1) is 7.70. The molecule has 1 aromatic carbocycles. The van der Waals surface area contributed by atoms with E-state index in [9.17, 15) is 9.59 Å². The summed E-state index contributed by atoms with van der Waals surface area (Å²) in [5.41, 5.74) is 2.03. The van der Waals surface area contributed by atoms with Crippen LogP contribution in [0.5, 0.6) is 0 Å². The van der Waals surface area contributed by atoms with Gasteiger partial charge in [0.05, 0.1) is 12.7 Å².